The van der Waals surface area contributed by atoms with Crippen LogP contribution in [0.5, 0.6) is 5.75 Å². The van der Waals surface area contributed by atoms with Crippen molar-refractivity contribution in [2.75, 3.05) is 11.9 Å². The van der Waals surface area contributed by atoms with Crippen molar-refractivity contribution in [3.8, 4) is 17.6 Å². The molecule has 0 aliphatic carbocycles. The third-order valence-electron chi connectivity index (χ3n) is 2.78. The maximum atomic E-state index is 12.1. The van der Waals surface area contributed by atoms with Crippen molar-refractivity contribution >= 4 is 11.6 Å². The molecule has 1 heterocycles. The van der Waals surface area contributed by atoms with E-state index >= 15 is 0 Å². The fourth-order valence-electron chi connectivity index (χ4n) is 1.72. The molecular formula is C16H14N2O3. The van der Waals surface area contributed by atoms with Crippen LogP contribution in [-0.2, 0) is 0 Å². The second-order valence-corrected chi connectivity index (χ2v) is 4.38. The first-order chi connectivity index (χ1) is 10.1. The molecule has 2 rings (SSSR count). The van der Waals surface area contributed by atoms with Gasteiger partial charge in [0.1, 0.15) is 12.4 Å². The predicted molar refractivity (Wildman–Crippen MR) is 79.0 cm³/mol. The summed E-state index contributed by atoms with van der Waals surface area (Å²) in [7, 11) is 0. The van der Waals surface area contributed by atoms with E-state index in [1.807, 2.05) is 19.1 Å². The van der Waals surface area contributed by atoms with Crippen molar-refractivity contribution in [2.24, 2.45) is 0 Å². The standard InChI is InChI=1S/C16H14N2O3/c1-11-4-5-12(3-2-6-19)7-15(11)18-16(21)13-8-14(20)10-17-9-13/h4-5,7-10,19-20H,6H2,1H3,(H,18,21). The fraction of sp³-hybridized carbons (Fsp3) is 0.125. The van der Waals surface area contributed by atoms with Crippen molar-refractivity contribution in [3.05, 3.63) is 53.3 Å². The molecule has 0 radical (unpaired) electrons. The quantitative estimate of drug-likeness (QED) is 0.732. The molecule has 0 atom stereocenters. The number of aromatic hydroxyl groups is 1. The highest BCUT2D eigenvalue weighted by Crippen LogP contribution is 2.18. The SMILES string of the molecule is Cc1ccc(C#CCO)cc1NC(=O)c1cncc(O)c1. The Bertz CT molecular complexity index is 730. The zero-order valence-electron chi connectivity index (χ0n) is 11.4. The van der Waals surface area contributed by atoms with Gasteiger partial charge in [-0.3, -0.25) is 9.78 Å². The second kappa shape index (κ2) is 6.55. The van der Waals surface area contributed by atoms with E-state index in [-0.39, 0.29) is 23.8 Å². The van der Waals surface area contributed by atoms with Gasteiger partial charge in [0.2, 0.25) is 0 Å². The van der Waals surface area contributed by atoms with Crippen LogP contribution in [0, 0.1) is 18.8 Å². The van der Waals surface area contributed by atoms with Crippen LogP contribution in [0.25, 0.3) is 0 Å². The molecule has 0 bridgehead atoms. The van der Waals surface area contributed by atoms with Crippen molar-refractivity contribution < 1.29 is 15.0 Å². The second-order valence-electron chi connectivity index (χ2n) is 4.38. The van der Waals surface area contributed by atoms with Gasteiger partial charge in [0.05, 0.1) is 11.8 Å². The van der Waals surface area contributed by atoms with Crippen molar-refractivity contribution in [1.29, 1.82) is 0 Å². The van der Waals surface area contributed by atoms with Gasteiger partial charge >= 0.3 is 0 Å². The van der Waals surface area contributed by atoms with Crippen LogP contribution in [-0.4, -0.2) is 27.7 Å². The van der Waals surface area contributed by atoms with E-state index in [0.29, 0.717) is 11.3 Å². The number of pyridine rings is 1. The Morgan fingerprint density at radius 3 is 2.86 bits per heavy atom. The van der Waals surface area contributed by atoms with E-state index in [1.165, 1.54) is 18.5 Å². The van der Waals surface area contributed by atoms with Gasteiger partial charge < -0.3 is 15.5 Å². The van der Waals surface area contributed by atoms with Gasteiger partial charge in [-0.2, -0.15) is 0 Å². The Hall–Kier alpha value is -2.84. The van der Waals surface area contributed by atoms with E-state index in [0.717, 1.165) is 5.56 Å². The van der Waals surface area contributed by atoms with E-state index in [4.69, 9.17) is 5.11 Å². The number of aliphatic hydroxyl groups excluding tert-OH is 1. The number of nitrogens with one attached hydrogen (secondary N) is 1. The van der Waals surface area contributed by atoms with E-state index < -0.39 is 0 Å². The first kappa shape index (κ1) is 14.6. The largest absolute Gasteiger partial charge is 0.506 e. The number of aromatic nitrogens is 1. The van der Waals surface area contributed by atoms with Crippen LogP contribution in [0.2, 0.25) is 0 Å². The molecule has 106 valence electrons. The number of amides is 1. The number of hydrogen-bond donors (Lipinski definition) is 3. The number of aliphatic hydroxyl groups is 1. The lowest BCUT2D eigenvalue weighted by molar-refractivity contribution is 0.102. The number of benzene rings is 1. The first-order valence-electron chi connectivity index (χ1n) is 6.26. The number of aryl methyl sites for hydroxylation is 1. The van der Waals surface area contributed by atoms with Gasteiger partial charge in [-0.05, 0) is 30.7 Å². The Kier molecular flexibility index (Phi) is 4.54. The molecule has 0 fully saturated rings. The molecule has 3 N–H and O–H groups in total. The van der Waals surface area contributed by atoms with Gasteiger partial charge in [0.15, 0.2) is 0 Å². The average Bonchev–Trinajstić information content (AvgIpc) is 2.48. The molecule has 1 amide bonds. The average molecular weight is 282 g/mol. The highest BCUT2D eigenvalue weighted by atomic mass is 16.3. The van der Waals surface area contributed by atoms with E-state index in [9.17, 15) is 9.90 Å². The monoisotopic (exact) mass is 282 g/mol. The zero-order chi connectivity index (χ0) is 15.2. The molecule has 0 aliphatic heterocycles. The number of anilines is 1. The minimum atomic E-state index is -0.367. The highest BCUT2D eigenvalue weighted by Gasteiger charge is 2.09. The van der Waals surface area contributed by atoms with Crippen LogP contribution in [0.3, 0.4) is 0 Å². The predicted octanol–water partition coefficient (Wildman–Crippen LogP) is 1.69. The maximum absolute atomic E-state index is 12.1. The molecule has 0 aliphatic rings. The van der Waals surface area contributed by atoms with Crippen molar-refractivity contribution in [3.63, 3.8) is 0 Å². The number of hydrogen-bond acceptors (Lipinski definition) is 4. The minimum Gasteiger partial charge on any atom is -0.506 e. The lowest BCUT2D eigenvalue weighted by atomic mass is 10.1. The van der Waals surface area contributed by atoms with Crippen LogP contribution >= 0.6 is 0 Å². The smallest absolute Gasteiger partial charge is 0.257 e. The maximum Gasteiger partial charge on any atom is 0.257 e. The molecule has 2 aromatic rings. The summed E-state index contributed by atoms with van der Waals surface area (Å²) in [5.41, 5.74) is 2.46. The molecule has 21 heavy (non-hydrogen) atoms. The summed E-state index contributed by atoms with van der Waals surface area (Å²) in [6, 6.07) is 6.71. The summed E-state index contributed by atoms with van der Waals surface area (Å²) in [4.78, 5) is 15.9. The van der Waals surface area contributed by atoms with Crippen molar-refractivity contribution in [2.45, 2.75) is 6.92 Å². The lowest BCUT2D eigenvalue weighted by Gasteiger charge is -2.09. The Balaban J connectivity index is 2.24. The highest BCUT2D eigenvalue weighted by molar-refractivity contribution is 6.04. The van der Waals surface area contributed by atoms with Crippen molar-refractivity contribution in [1.82, 2.24) is 4.98 Å². The van der Waals surface area contributed by atoms with E-state index in [1.54, 1.807) is 6.07 Å². The Labute approximate surface area is 122 Å². The van der Waals surface area contributed by atoms with Crippen LogP contribution < -0.4 is 5.32 Å². The molecule has 0 saturated heterocycles. The summed E-state index contributed by atoms with van der Waals surface area (Å²) in [5, 5.41) is 20.8. The third-order valence-corrected chi connectivity index (χ3v) is 2.78. The zero-order valence-corrected chi connectivity index (χ0v) is 11.4. The minimum absolute atomic E-state index is 0.0677. The summed E-state index contributed by atoms with van der Waals surface area (Å²) >= 11 is 0. The van der Waals surface area contributed by atoms with Gasteiger partial charge in [-0.1, -0.05) is 17.9 Å². The fourth-order valence-corrected chi connectivity index (χ4v) is 1.72. The van der Waals surface area contributed by atoms with E-state index in [2.05, 4.69) is 22.1 Å². The summed E-state index contributed by atoms with van der Waals surface area (Å²) in [6.07, 6.45) is 2.63. The number of nitrogens with zero attached hydrogens (tertiary/aromatic N) is 1. The number of carbonyl (C=O) groups excluding carboxylic acids is 1. The molecule has 0 spiro atoms. The number of rotatable bonds is 2. The van der Waals surface area contributed by atoms with Crippen LogP contribution in [0.1, 0.15) is 21.5 Å². The third kappa shape index (κ3) is 3.81. The van der Waals surface area contributed by atoms with Gasteiger partial charge in [0, 0.05) is 17.4 Å². The first-order valence-corrected chi connectivity index (χ1v) is 6.26. The van der Waals surface area contributed by atoms with Gasteiger partial charge in [-0.25, -0.2) is 0 Å². The van der Waals surface area contributed by atoms with Gasteiger partial charge in [0.25, 0.3) is 5.91 Å². The van der Waals surface area contributed by atoms with Gasteiger partial charge in [-0.15, -0.1) is 0 Å². The topological polar surface area (TPSA) is 82.5 Å². The molecule has 1 aromatic carbocycles. The molecule has 1 aromatic heterocycles. The molecule has 5 nitrogen and oxygen atoms in total. The lowest BCUT2D eigenvalue weighted by Crippen LogP contribution is -2.13. The summed E-state index contributed by atoms with van der Waals surface area (Å²) < 4.78 is 0. The molecule has 0 saturated carbocycles. The number of carbonyl (C=O) groups is 1. The normalized spacial score (nSPS) is 9.62. The summed E-state index contributed by atoms with van der Waals surface area (Å²) in [6.45, 7) is 1.64. The Morgan fingerprint density at radius 1 is 1.33 bits per heavy atom. The summed E-state index contributed by atoms with van der Waals surface area (Å²) in [5.74, 6) is 4.90. The Morgan fingerprint density at radius 2 is 2.14 bits per heavy atom. The molecule has 0 unspecified atom stereocenters. The van der Waals surface area contributed by atoms with Crippen LogP contribution in [0.15, 0.2) is 36.7 Å². The molecular weight excluding hydrogens is 268 g/mol. The van der Waals surface area contributed by atoms with Crippen LogP contribution in [0.4, 0.5) is 5.69 Å². The molecule has 5 heteroatoms.